The summed E-state index contributed by atoms with van der Waals surface area (Å²) in [5, 5.41) is 1.11. The molecule has 1 heterocycles. The maximum absolute atomic E-state index is 12.3. The average Bonchev–Trinajstić information content (AvgIpc) is 2.72. The maximum Gasteiger partial charge on any atom is 0.254 e. The summed E-state index contributed by atoms with van der Waals surface area (Å²) in [6.07, 6.45) is 3.47. The Morgan fingerprint density at radius 1 is 0.897 bits per heavy atom. The average molecular weight is 432 g/mol. The summed E-state index contributed by atoms with van der Waals surface area (Å²) in [4.78, 5) is 12.3. The normalized spacial score (nSPS) is 10.8. The van der Waals surface area contributed by atoms with Crippen LogP contribution in [0.2, 0.25) is 10.0 Å². The Hall–Kier alpha value is -2.27. The second kappa shape index (κ2) is 11.1. The summed E-state index contributed by atoms with van der Waals surface area (Å²) in [5.41, 5.74) is 1.87. The van der Waals surface area contributed by atoms with Crippen molar-refractivity contribution in [3.8, 4) is 5.75 Å². The molecule has 0 unspecified atom stereocenters. The monoisotopic (exact) mass is 431 g/mol. The summed E-state index contributed by atoms with van der Waals surface area (Å²) < 4.78 is 12.9. The molecule has 0 amide bonds. The number of halogens is 2. The molecule has 0 aliphatic rings. The van der Waals surface area contributed by atoms with Crippen LogP contribution in [-0.4, -0.2) is 17.8 Å². The van der Waals surface area contributed by atoms with E-state index in [0.717, 1.165) is 18.4 Å². The van der Waals surface area contributed by atoms with Crippen LogP contribution in [0, 0.1) is 0 Å². The predicted molar refractivity (Wildman–Crippen MR) is 117 cm³/mol. The first-order valence-electron chi connectivity index (χ1n) is 9.51. The van der Waals surface area contributed by atoms with Crippen molar-refractivity contribution in [3.05, 3.63) is 98.4 Å². The zero-order chi connectivity index (χ0) is 20.5. The first kappa shape index (κ1) is 21.4. The molecular formula is C23H23Cl2NO3. The van der Waals surface area contributed by atoms with Crippen molar-refractivity contribution < 1.29 is 9.47 Å². The van der Waals surface area contributed by atoms with Crippen molar-refractivity contribution in [3.63, 3.8) is 0 Å². The molecule has 0 radical (unpaired) electrons. The van der Waals surface area contributed by atoms with E-state index in [1.54, 1.807) is 29.0 Å². The highest BCUT2D eigenvalue weighted by Gasteiger charge is 2.05. The molecule has 0 N–H and O–H groups in total. The van der Waals surface area contributed by atoms with E-state index in [9.17, 15) is 4.79 Å². The molecule has 29 heavy (non-hydrogen) atoms. The highest BCUT2D eigenvalue weighted by molar-refractivity contribution is 6.35. The van der Waals surface area contributed by atoms with Crippen molar-refractivity contribution in [1.82, 2.24) is 4.57 Å². The van der Waals surface area contributed by atoms with Gasteiger partial charge in [-0.3, -0.25) is 4.79 Å². The number of unbranched alkanes of at least 4 members (excludes halogenated alkanes) is 1. The Bertz CT molecular complexity index is 973. The summed E-state index contributed by atoms with van der Waals surface area (Å²) in [6.45, 7) is 2.23. The Kier molecular flexibility index (Phi) is 8.17. The lowest BCUT2D eigenvalue weighted by molar-refractivity contribution is 0.113. The number of pyridine rings is 1. The number of hydrogen-bond acceptors (Lipinski definition) is 3. The second-order valence-corrected chi connectivity index (χ2v) is 7.50. The number of benzene rings is 2. The molecule has 152 valence electrons. The maximum atomic E-state index is 12.3. The van der Waals surface area contributed by atoms with E-state index >= 15 is 0 Å². The van der Waals surface area contributed by atoms with Crippen molar-refractivity contribution in [1.29, 1.82) is 0 Å². The highest BCUT2D eigenvalue weighted by Crippen LogP contribution is 2.21. The number of ether oxygens (including phenoxy) is 2. The molecular weight excluding hydrogens is 409 g/mol. The minimum Gasteiger partial charge on any atom is -0.493 e. The van der Waals surface area contributed by atoms with Crippen molar-refractivity contribution >= 4 is 23.2 Å². The molecule has 3 rings (SSSR count). The van der Waals surface area contributed by atoms with Crippen LogP contribution < -0.4 is 10.3 Å². The highest BCUT2D eigenvalue weighted by atomic mass is 35.5. The number of nitrogens with zero attached hydrogens (tertiary/aromatic N) is 1. The largest absolute Gasteiger partial charge is 0.493 e. The number of hydrogen-bond donors (Lipinski definition) is 0. The number of rotatable bonds is 10. The third-order valence-electron chi connectivity index (χ3n) is 4.39. The van der Waals surface area contributed by atoms with E-state index in [1.807, 2.05) is 36.4 Å². The van der Waals surface area contributed by atoms with Gasteiger partial charge in [-0.15, -0.1) is 0 Å². The van der Waals surface area contributed by atoms with Crippen LogP contribution in [0.4, 0.5) is 0 Å². The minimum absolute atomic E-state index is 0.139. The Balaban J connectivity index is 1.39. The smallest absolute Gasteiger partial charge is 0.254 e. The fourth-order valence-corrected chi connectivity index (χ4v) is 3.27. The van der Waals surface area contributed by atoms with Crippen molar-refractivity contribution in [2.45, 2.75) is 26.0 Å². The standard InChI is InChI=1S/C23H23Cl2NO3/c24-20-9-8-19(22(25)14-20)16-26-11-10-21(15-23(26)27)29-13-5-4-12-28-17-18-6-2-1-3-7-18/h1-3,6-11,14-15H,4-5,12-13,16-17H2. The molecule has 0 saturated carbocycles. The molecule has 0 saturated heterocycles. The first-order valence-corrected chi connectivity index (χ1v) is 10.3. The van der Waals surface area contributed by atoms with Crippen LogP contribution >= 0.6 is 23.2 Å². The SMILES string of the molecule is O=c1cc(OCCCCOCc2ccccc2)ccn1Cc1ccc(Cl)cc1Cl. The van der Waals surface area contributed by atoms with Gasteiger partial charge in [-0.25, -0.2) is 0 Å². The fraction of sp³-hybridized carbons (Fsp3) is 0.261. The first-order chi connectivity index (χ1) is 14.1. The van der Waals surface area contributed by atoms with Crippen LogP contribution in [0.1, 0.15) is 24.0 Å². The van der Waals surface area contributed by atoms with Crippen molar-refractivity contribution in [2.24, 2.45) is 0 Å². The molecule has 0 fully saturated rings. The molecule has 0 atom stereocenters. The molecule has 0 aliphatic carbocycles. The van der Waals surface area contributed by atoms with E-state index in [-0.39, 0.29) is 5.56 Å². The van der Waals surface area contributed by atoms with Gasteiger partial charge in [0.2, 0.25) is 0 Å². The third-order valence-corrected chi connectivity index (χ3v) is 4.97. The summed E-state index contributed by atoms with van der Waals surface area (Å²) in [6, 6.07) is 18.6. The lowest BCUT2D eigenvalue weighted by Crippen LogP contribution is -2.19. The van der Waals surface area contributed by atoms with Crippen molar-refractivity contribution in [2.75, 3.05) is 13.2 Å². The fourth-order valence-electron chi connectivity index (χ4n) is 2.80. The summed E-state index contributed by atoms with van der Waals surface area (Å²) >= 11 is 12.1. The molecule has 4 nitrogen and oxygen atoms in total. The van der Waals surface area contributed by atoms with E-state index in [0.29, 0.717) is 42.2 Å². The molecule has 1 aromatic heterocycles. The van der Waals surface area contributed by atoms with Gasteiger partial charge >= 0.3 is 0 Å². The second-order valence-electron chi connectivity index (χ2n) is 6.66. The van der Waals surface area contributed by atoms with Gasteiger partial charge in [-0.1, -0.05) is 59.6 Å². The van der Waals surface area contributed by atoms with E-state index in [4.69, 9.17) is 32.7 Å². The van der Waals surface area contributed by atoms with Gasteiger partial charge in [-0.2, -0.15) is 0 Å². The topological polar surface area (TPSA) is 40.5 Å². The third kappa shape index (κ3) is 6.93. The Labute approximate surface area is 180 Å². The summed E-state index contributed by atoms with van der Waals surface area (Å²) in [7, 11) is 0. The predicted octanol–water partition coefficient (Wildman–Crippen LogP) is 5.58. The zero-order valence-electron chi connectivity index (χ0n) is 16.0. The van der Waals surface area contributed by atoms with E-state index in [2.05, 4.69) is 0 Å². The van der Waals surface area contributed by atoms with Gasteiger partial charge in [-0.05, 0) is 42.2 Å². The lowest BCUT2D eigenvalue weighted by Gasteiger charge is -2.10. The molecule has 6 heteroatoms. The van der Waals surface area contributed by atoms with E-state index in [1.165, 1.54) is 11.6 Å². The van der Waals surface area contributed by atoms with Gasteiger partial charge < -0.3 is 14.0 Å². The quantitative estimate of drug-likeness (QED) is 0.393. The van der Waals surface area contributed by atoms with Gasteiger partial charge in [0, 0.05) is 28.9 Å². The van der Waals surface area contributed by atoms with Crippen LogP contribution in [0.3, 0.4) is 0 Å². The Morgan fingerprint density at radius 3 is 2.45 bits per heavy atom. The molecule has 0 bridgehead atoms. The van der Waals surface area contributed by atoms with Gasteiger partial charge in [0.05, 0.1) is 19.8 Å². The van der Waals surface area contributed by atoms with Gasteiger partial charge in [0.15, 0.2) is 0 Å². The Morgan fingerprint density at radius 2 is 1.69 bits per heavy atom. The zero-order valence-corrected chi connectivity index (χ0v) is 17.5. The van der Waals surface area contributed by atoms with Crippen LogP contribution in [0.5, 0.6) is 5.75 Å². The van der Waals surface area contributed by atoms with Crippen LogP contribution in [0.25, 0.3) is 0 Å². The molecule has 0 aliphatic heterocycles. The molecule has 3 aromatic rings. The number of aromatic nitrogens is 1. The molecule has 2 aromatic carbocycles. The van der Waals surface area contributed by atoms with Crippen LogP contribution in [0.15, 0.2) is 71.7 Å². The lowest BCUT2D eigenvalue weighted by atomic mass is 10.2. The summed E-state index contributed by atoms with van der Waals surface area (Å²) in [5.74, 6) is 0.568. The van der Waals surface area contributed by atoms with Crippen LogP contribution in [-0.2, 0) is 17.9 Å². The van der Waals surface area contributed by atoms with Gasteiger partial charge in [0.1, 0.15) is 5.75 Å². The van der Waals surface area contributed by atoms with E-state index < -0.39 is 0 Å². The van der Waals surface area contributed by atoms with Gasteiger partial charge in [0.25, 0.3) is 5.56 Å². The molecule has 0 spiro atoms. The minimum atomic E-state index is -0.139.